The van der Waals surface area contributed by atoms with E-state index in [2.05, 4.69) is 10.3 Å². The highest BCUT2D eigenvalue weighted by atomic mass is 16.5. The van der Waals surface area contributed by atoms with Crippen LogP contribution in [0.3, 0.4) is 0 Å². The van der Waals surface area contributed by atoms with Crippen LogP contribution in [0.4, 0.5) is 5.82 Å². The van der Waals surface area contributed by atoms with E-state index in [-0.39, 0.29) is 5.91 Å². The first-order valence-electron chi connectivity index (χ1n) is 6.23. The number of pyridine rings is 1. The van der Waals surface area contributed by atoms with Crippen molar-refractivity contribution < 1.29 is 9.53 Å². The smallest absolute Gasteiger partial charge is 0.270 e. The topological polar surface area (TPSA) is 77.2 Å². The van der Waals surface area contributed by atoms with Crippen LogP contribution in [0.1, 0.15) is 17.4 Å². The van der Waals surface area contributed by atoms with Crippen LogP contribution in [0.25, 0.3) is 10.8 Å². The van der Waals surface area contributed by atoms with Crippen LogP contribution in [0.2, 0.25) is 0 Å². The highest BCUT2D eigenvalue weighted by molar-refractivity contribution is 5.99. The Morgan fingerprint density at radius 3 is 3.00 bits per heavy atom. The predicted octanol–water partition coefficient (Wildman–Crippen LogP) is 1.58. The number of carbonyl (C=O) groups is 1. The van der Waals surface area contributed by atoms with Crippen LogP contribution >= 0.6 is 0 Å². The summed E-state index contributed by atoms with van der Waals surface area (Å²) in [6.07, 6.45) is 0. The highest BCUT2D eigenvalue weighted by Crippen LogP contribution is 2.19. The molecule has 0 saturated heterocycles. The fourth-order valence-corrected chi connectivity index (χ4v) is 1.81. The van der Waals surface area contributed by atoms with Crippen LogP contribution in [-0.2, 0) is 4.74 Å². The molecule has 1 heterocycles. The Hall–Kier alpha value is -2.14. The summed E-state index contributed by atoms with van der Waals surface area (Å²) in [7, 11) is 0. The van der Waals surface area contributed by atoms with E-state index in [9.17, 15) is 4.79 Å². The summed E-state index contributed by atoms with van der Waals surface area (Å²) in [5.74, 6) is 0.130. The molecule has 19 heavy (non-hydrogen) atoms. The normalized spacial score (nSPS) is 10.6. The molecule has 0 bridgehead atoms. The maximum absolute atomic E-state index is 11.9. The summed E-state index contributed by atoms with van der Waals surface area (Å²) < 4.78 is 5.15. The number of hydrogen-bond donors (Lipinski definition) is 2. The van der Waals surface area contributed by atoms with Gasteiger partial charge in [-0.25, -0.2) is 4.98 Å². The van der Waals surface area contributed by atoms with Crippen LogP contribution < -0.4 is 11.1 Å². The highest BCUT2D eigenvalue weighted by Gasteiger charge is 2.09. The fraction of sp³-hybridized carbons (Fsp3) is 0.286. The van der Waals surface area contributed by atoms with Crippen LogP contribution in [0.15, 0.2) is 30.3 Å². The molecule has 5 nitrogen and oxygen atoms in total. The average Bonchev–Trinajstić information content (AvgIpc) is 2.43. The van der Waals surface area contributed by atoms with E-state index in [0.717, 1.165) is 10.8 Å². The third-order valence-electron chi connectivity index (χ3n) is 2.74. The molecule has 0 radical (unpaired) electrons. The minimum atomic E-state index is -0.239. The van der Waals surface area contributed by atoms with Crippen LogP contribution in [-0.4, -0.2) is 30.6 Å². The molecular weight excluding hydrogens is 242 g/mol. The van der Waals surface area contributed by atoms with Crippen molar-refractivity contribution in [2.45, 2.75) is 6.92 Å². The van der Waals surface area contributed by atoms with Crippen molar-refractivity contribution in [1.82, 2.24) is 10.3 Å². The van der Waals surface area contributed by atoms with Crippen molar-refractivity contribution in [3.8, 4) is 0 Å². The Kier molecular flexibility index (Phi) is 4.30. The van der Waals surface area contributed by atoms with Gasteiger partial charge in [-0.2, -0.15) is 0 Å². The summed E-state index contributed by atoms with van der Waals surface area (Å²) in [4.78, 5) is 16.0. The molecule has 1 amide bonds. The number of fused-ring (bicyclic) bond motifs is 1. The Bertz CT molecular complexity index is 584. The monoisotopic (exact) mass is 259 g/mol. The van der Waals surface area contributed by atoms with Gasteiger partial charge in [-0.3, -0.25) is 4.79 Å². The second-order valence-electron chi connectivity index (χ2n) is 4.07. The lowest BCUT2D eigenvalue weighted by molar-refractivity contribution is 0.0918. The van der Waals surface area contributed by atoms with Gasteiger partial charge in [0.05, 0.1) is 6.61 Å². The number of carbonyl (C=O) groups excluding carboxylic acids is 1. The van der Waals surface area contributed by atoms with Gasteiger partial charge in [-0.1, -0.05) is 24.3 Å². The Balaban J connectivity index is 2.14. The summed E-state index contributed by atoms with van der Waals surface area (Å²) >= 11 is 0. The predicted molar refractivity (Wildman–Crippen MR) is 75.0 cm³/mol. The number of anilines is 1. The molecule has 1 aromatic carbocycles. The van der Waals surface area contributed by atoms with Crippen LogP contribution in [0.5, 0.6) is 0 Å². The molecule has 0 aliphatic carbocycles. The Morgan fingerprint density at radius 1 is 1.42 bits per heavy atom. The number of amides is 1. The van der Waals surface area contributed by atoms with Gasteiger partial charge in [0, 0.05) is 18.5 Å². The number of rotatable bonds is 5. The SMILES string of the molecule is CCOCCNC(=O)c1cc2ccccc2c(N)n1. The van der Waals surface area contributed by atoms with Gasteiger partial charge in [0.1, 0.15) is 11.5 Å². The van der Waals surface area contributed by atoms with E-state index >= 15 is 0 Å². The molecule has 0 spiro atoms. The van der Waals surface area contributed by atoms with Gasteiger partial charge in [0.25, 0.3) is 5.91 Å². The lowest BCUT2D eigenvalue weighted by Crippen LogP contribution is -2.28. The van der Waals surface area contributed by atoms with Crippen molar-refractivity contribution in [1.29, 1.82) is 0 Å². The molecule has 0 saturated carbocycles. The van der Waals surface area contributed by atoms with Gasteiger partial charge < -0.3 is 15.8 Å². The number of ether oxygens (including phenoxy) is 1. The molecule has 0 fully saturated rings. The molecular formula is C14H17N3O2. The van der Waals surface area contributed by atoms with Gasteiger partial charge >= 0.3 is 0 Å². The van der Waals surface area contributed by atoms with E-state index in [1.165, 1.54) is 0 Å². The second-order valence-corrected chi connectivity index (χ2v) is 4.07. The number of hydrogen-bond acceptors (Lipinski definition) is 4. The number of nitrogens with zero attached hydrogens (tertiary/aromatic N) is 1. The van der Waals surface area contributed by atoms with Crippen molar-refractivity contribution in [3.63, 3.8) is 0 Å². The zero-order valence-electron chi connectivity index (χ0n) is 10.8. The number of benzene rings is 1. The maximum atomic E-state index is 11.9. The second kappa shape index (κ2) is 6.15. The molecule has 0 atom stereocenters. The van der Waals surface area contributed by atoms with Gasteiger partial charge in [-0.05, 0) is 18.4 Å². The molecule has 0 aliphatic rings. The first-order chi connectivity index (χ1) is 9.22. The summed E-state index contributed by atoms with van der Waals surface area (Å²) in [6.45, 7) is 3.50. The summed E-state index contributed by atoms with van der Waals surface area (Å²) in [6, 6.07) is 9.32. The number of aromatic nitrogens is 1. The fourth-order valence-electron chi connectivity index (χ4n) is 1.81. The van der Waals surface area contributed by atoms with E-state index in [0.29, 0.717) is 31.3 Å². The van der Waals surface area contributed by atoms with Gasteiger partial charge in [-0.15, -0.1) is 0 Å². The Labute approximate surface area is 111 Å². The van der Waals surface area contributed by atoms with E-state index in [1.807, 2.05) is 31.2 Å². The van der Waals surface area contributed by atoms with Crippen molar-refractivity contribution in [2.24, 2.45) is 0 Å². The molecule has 5 heteroatoms. The largest absolute Gasteiger partial charge is 0.383 e. The first-order valence-corrected chi connectivity index (χ1v) is 6.23. The maximum Gasteiger partial charge on any atom is 0.270 e. The quantitative estimate of drug-likeness (QED) is 0.799. The van der Waals surface area contributed by atoms with Gasteiger partial charge in [0.2, 0.25) is 0 Å². The third-order valence-corrected chi connectivity index (χ3v) is 2.74. The van der Waals surface area contributed by atoms with Crippen molar-refractivity contribution in [2.75, 3.05) is 25.5 Å². The third kappa shape index (κ3) is 3.20. The van der Waals surface area contributed by atoms with E-state index in [1.54, 1.807) is 6.07 Å². The minimum absolute atomic E-state index is 0.239. The van der Waals surface area contributed by atoms with Crippen LogP contribution in [0, 0.1) is 0 Å². The number of nitrogen functional groups attached to an aromatic ring is 1. The molecule has 3 N–H and O–H groups in total. The summed E-state index contributed by atoms with van der Waals surface area (Å²) in [5.41, 5.74) is 6.18. The number of nitrogens with one attached hydrogen (secondary N) is 1. The zero-order valence-corrected chi connectivity index (χ0v) is 10.8. The average molecular weight is 259 g/mol. The molecule has 0 aliphatic heterocycles. The lowest BCUT2D eigenvalue weighted by atomic mass is 10.1. The first kappa shape index (κ1) is 13.3. The Morgan fingerprint density at radius 2 is 2.21 bits per heavy atom. The van der Waals surface area contributed by atoms with E-state index < -0.39 is 0 Å². The molecule has 2 aromatic rings. The minimum Gasteiger partial charge on any atom is -0.383 e. The standard InChI is InChI=1S/C14H17N3O2/c1-2-19-8-7-16-14(18)12-9-10-5-3-4-6-11(10)13(15)17-12/h3-6,9H,2,7-8H2,1H3,(H2,15,17)(H,16,18). The lowest BCUT2D eigenvalue weighted by Gasteiger charge is -2.07. The molecule has 2 rings (SSSR count). The zero-order chi connectivity index (χ0) is 13.7. The van der Waals surface area contributed by atoms with Gasteiger partial charge in [0.15, 0.2) is 0 Å². The van der Waals surface area contributed by atoms with Crippen molar-refractivity contribution >= 4 is 22.5 Å². The molecule has 100 valence electrons. The molecule has 0 unspecified atom stereocenters. The van der Waals surface area contributed by atoms with Crippen molar-refractivity contribution in [3.05, 3.63) is 36.0 Å². The molecule has 1 aromatic heterocycles. The van der Waals surface area contributed by atoms with E-state index in [4.69, 9.17) is 10.5 Å². The number of nitrogens with two attached hydrogens (primary N) is 1. The summed E-state index contributed by atoms with van der Waals surface area (Å²) in [5, 5.41) is 4.51.